The zero-order valence-corrected chi connectivity index (χ0v) is 20.6. The molecule has 0 unspecified atom stereocenters. The van der Waals surface area contributed by atoms with Crippen LogP contribution >= 0.6 is 15.9 Å². The highest BCUT2D eigenvalue weighted by molar-refractivity contribution is 9.10. The van der Waals surface area contributed by atoms with Crippen LogP contribution in [0.4, 0.5) is 0 Å². The van der Waals surface area contributed by atoms with E-state index in [0.717, 1.165) is 40.4 Å². The summed E-state index contributed by atoms with van der Waals surface area (Å²) in [7, 11) is -3.68. The summed E-state index contributed by atoms with van der Waals surface area (Å²) in [6, 6.07) is 23.6. The fourth-order valence-electron chi connectivity index (χ4n) is 3.74. The molecule has 4 rings (SSSR count). The van der Waals surface area contributed by atoms with E-state index < -0.39 is 10.0 Å². The van der Waals surface area contributed by atoms with Crippen molar-refractivity contribution in [3.63, 3.8) is 0 Å². The third kappa shape index (κ3) is 6.26. The Labute approximate surface area is 203 Å². The van der Waals surface area contributed by atoms with Crippen LogP contribution in [-0.4, -0.2) is 33.0 Å². The van der Waals surface area contributed by atoms with Crippen molar-refractivity contribution in [3.8, 4) is 11.1 Å². The van der Waals surface area contributed by atoms with Gasteiger partial charge in [-0.2, -0.15) is 0 Å². The SMILES string of the molecule is O=S(=O)(NCCNCCCc1ccc(Br)cc1)c1cc(-c2ccccc2)cc2cnccc12. The summed E-state index contributed by atoms with van der Waals surface area (Å²) in [6.45, 7) is 1.72. The summed E-state index contributed by atoms with van der Waals surface area (Å²) in [5, 5.41) is 4.78. The van der Waals surface area contributed by atoms with Gasteiger partial charge in [-0.25, -0.2) is 13.1 Å². The minimum Gasteiger partial charge on any atom is -0.315 e. The van der Waals surface area contributed by atoms with Crippen molar-refractivity contribution < 1.29 is 8.42 Å². The van der Waals surface area contributed by atoms with Crippen molar-refractivity contribution in [1.29, 1.82) is 0 Å². The molecule has 2 N–H and O–H groups in total. The lowest BCUT2D eigenvalue weighted by Gasteiger charge is -2.13. The average molecular weight is 524 g/mol. The smallest absolute Gasteiger partial charge is 0.241 e. The minimum absolute atomic E-state index is 0.275. The van der Waals surface area contributed by atoms with E-state index in [0.29, 0.717) is 18.5 Å². The van der Waals surface area contributed by atoms with Crippen molar-refractivity contribution in [3.05, 3.63) is 95.2 Å². The minimum atomic E-state index is -3.68. The number of aryl methyl sites for hydroxylation is 1. The summed E-state index contributed by atoms with van der Waals surface area (Å²) >= 11 is 3.45. The largest absolute Gasteiger partial charge is 0.315 e. The van der Waals surface area contributed by atoms with E-state index in [1.165, 1.54) is 5.56 Å². The number of hydrogen-bond donors (Lipinski definition) is 2. The number of nitrogens with one attached hydrogen (secondary N) is 2. The molecule has 0 bridgehead atoms. The number of hydrogen-bond acceptors (Lipinski definition) is 4. The first-order valence-electron chi connectivity index (χ1n) is 10.9. The van der Waals surface area contributed by atoms with Gasteiger partial charge in [0.2, 0.25) is 10.0 Å². The first-order valence-corrected chi connectivity index (χ1v) is 13.2. The highest BCUT2D eigenvalue weighted by Gasteiger charge is 2.18. The Kier molecular flexibility index (Phi) is 7.88. The lowest BCUT2D eigenvalue weighted by Crippen LogP contribution is -2.32. The topological polar surface area (TPSA) is 71.1 Å². The molecule has 0 aliphatic heterocycles. The van der Waals surface area contributed by atoms with E-state index in [1.807, 2.05) is 48.5 Å². The number of benzene rings is 3. The molecule has 0 fully saturated rings. The van der Waals surface area contributed by atoms with E-state index in [1.54, 1.807) is 24.5 Å². The van der Waals surface area contributed by atoms with Crippen molar-refractivity contribution in [2.75, 3.05) is 19.6 Å². The average Bonchev–Trinajstić information content (AvgIpc) is 2.84. The second-order valence-electron chi connectivity index (χ2n) is 7.82. The van der Waals surface area contributed by atoms with Crippen LogP contribution in [0.3, 0.4) is 0 Å². The van der Waals surface area contributed by atoms with Gasteiger partial charge in [-0.3, -0.25) is 4.98 Å². The summed E-state index contributed by atoms with van der Waals surface area (Å²) in [6.07, 6.45) is 5.30. The maximum atomic E-state index is 13.2. The molecule has 4 aromatic rings. The van der Waals surface area contributed by atoms with E-state index in [9.17, 15) is 8.42 Å². The molecule has 0 atom stereocenters. The number of sulfonamides is 1. The van der Waals surface area contributed by atoms with Gasteiger partial charge in [0.15, 0.2) is 0 Å². The quantitative estimate of drug-likeness (QED) is 0.281. The number of halogens is 1. The molecule has 0 saturated heterocycles. The van der Waals surface area contributed by atoms with Gasteiger partial charge in [-0.05, 0) is 66.4 Å². The third-order valence-corrected chi connectivity index (χ3v) is 7.47. The Morgan fingerprint density at radius 3 is 2.42 bits per heavy atom. The predicted molar refractivity (Wildman–Crippen MR) is 138 cm³/mol. The van der Waals surface area contributed by atoms with Gasteiger partial charge in [0.1, 0.15) is 0 Å². The first kappa shape index (κ1) is 23.6. The molecule has 1 heterocycles. The van der Waals surface area contributed by atoms with Crippen LogP contribution in [0, 0.1) is 0 Å². The lowest BCUT2D eigenvalue weighted by molar-refractivity contribution is 0.575. The van der Waals surface area contributed by atoms with E-state index in [4.69, 9.17) is 0 Å². The van der Waals surface area contributed by atoms with E-state index >= 15 is 0 Å². The Morgan fingerprint density at radius 1 is 0.848 bits per heavy atom. The molecular weight excluding hydrogens is 498 g/mol. The van der Waals surface area contributed by atoms with Gasteiger partial charge in [0.25, 0.3) is 0 Å². The van der Waals surface area contributed by atoms with Crippen molar-refractivity contribution in [1.82, 2.24) is 15.0 Å². The standard InChI is InChI=1S/C26H26BrN3O2S/c27-24-10-8-20(9-11-24)5-4-13-28-15-16-30-33(31,32)26-18-22(21-6-2-1-3-7-21)17-23-19-29-14-12-25(23)26/h1-3,6-12,14,17-19,28,30H,4-5,13,15-16H2. The highest BCUT2D eigenvalue weighted by atomic mass is 79.9. The molecule has 0 spiro atoms. The van der Waals surface area contributed by atoms with Gasteiger partial charge in [-0.15, -0.1) is 0 Å². The van der Waals surface area contributed by atoms with Crippen molar-refractivity contribution in [2.45, 2.75) is 17.7 Å². The normalized spacial score (nSPS) is 11.7. The van der Waals surface area contributed by atoms with E-state index in [-0.39, 0.29) is 4.90 Å². The molecule has 0 saturated carbocycles. The predicted octanol–water partition coefficient (Wildman–Crippen LogP) is 5.17. The molecule has 5 nitrogen and oxygen atoms in total. The van der Waals surface area contributed by atoms with Crippen molar-refractivity contribution >= 4 is 36.7 Å². The fraction of sp³-hybridized carbons (Fsp3) is 0.192. The molecule has 0 amide bonds. The van der Waals surface area contributed by atoms with Crippen LogP contribution in [0.2, 0.25) is 0 Å². The Morgan fingerprint density at radius 2 is 1.64 bits per heavy atom. The Balaban J connectivity index is 1.37. The van der Waals surface area contributed by atoms with Gasteiger partial charge in [0, 0.05) is 40.7 Å². The lowest BCUT2D eigenvalue weighted by atomic mass is 10.0. The summed E-state index contributed by atoms with van der Waals surface area (Å²) < 4.78 is 30.2. The number of nitrogens with zero attached hydrogens (tertiary/aromatic N) is 1. The first-order chi connectivity index (χ1) is 16.0. The summed E-state index contributed by atoms with van der Waals surface area (Å²) in [4.78, 5) is 4.45. The second-order valence-corrected chi connectivity index (χ2v) is 10.5. The van der Waals surface area contributed by atoms with Gasteiger partial charge in [-0.1, -0.05) is 58.4 Å². The van der Waals surface area contributed by atoms with Crippen LogP contribution in [0.1, 0.15) is 12.0 Å². The molecule has 0 aliphatic rings. The van der Waals surface area contributed by atoms with Gasteiger partial charge >= 0.3 is 0 Å². The van der Waals surface area contributed by atoms with Crippen LogP contribution in [0.5, 0.6) is 0 Å². The monoisotopic (exact) mass is 523 g/mol. The number of aromatic nitrogens is 1. The fourth-order valence-corrected chi connectivity index (χ4v) is 5.29. The van der Waals surface area contributed by atoms with Gasteiger partial charge < -0.3 is 5.32 Å². The summed E-state index contributed by atoms with van der Waals surface area (Å²) in [5.74, 6) is 0. The molecule has 170 valence electrons. The maximum absolute atomic E-state index is 13.2. The molecule has 0 radical (unpaired) electrons. The Bertz CT molecular complexity index is 1310. The van der Waals surface area contributed by atoms with Crippen LogP contribution < -0.4 is 10.0 Å². The second kappa shape index (κ2) is 11.0. The van der Waals surface area contributed by atoms with Crippen LogP contribution in [0.25, 0.3) is 21.9 Å². The molecule has 3 aromatic carbocycles. The van der Waals surface area contributed by atoms with E-state index in [2.05, 4.69) is 43.1 Å². The Hall–Kier alpha value is -2.58. The maximum Gasteiger partial charge on any atom is 0.241 e. The van der Waals surface area contributed by atoms with Crippen molar-refractivity contribution in [2.24, 2.45) is 0 Å². The van der Waals surface area contributed by atoms with Crippen LogP contribution in [0.15, 0.2) is 94.6 Å². The zero-order chi connectivity index (χ0) is 23.1. The summed E-state index contributed by atoms with van der Waals surface area (Å²) in [5.41, 5.74) is 3.11. The molecule has 1 aromatic heterocycles. The highest BCUT2D eigenvalue weighted by Crippen LogP contribution is 2.30. The molecular formula is C26H26BrN3O2S. The molecule has 0 aliphatic carbocycles. The molecule has 33 heavy (non-hydrogen) atoms. The number of fused-ring (bicyclic) bond motifs is 1. The van der Waals surface area contributed by atoms with Crippen LogP contribution in [-0.2, 0) is 16.4 Å². The number of pyridine rings is 1. The number of rotatable bonds is 10. The molecule has 7 heteroatoms. The zero-order valence-electron chi connectivity index (χ0n) is 18.2. The third-order valence-electron chi connectivity index (χ3n) is 5.44. The van der Waals surface area contributed by atoms with Gasteiger partial charge in [0.05, 0.1) is 4.90 Å².